The Morgan fingerprint density at radius 3 is 2.62 bits per heavy atom. The van der Waals surface area contributed by atoms with Crippen LogP contribution in [0.1, 0.15) is 6.92 Å². The van der Waals surface area contributed by atoms with Crippen molar-refractivity contribution in [1.29, 1.82) is 0 Å². The number of aliphatic hydroxyl groups excluding tert-OH is 1. The van der Waals surface area contributed by atoms with E-state index in [0.29, 0.717) is 13.2 Å². The van der Waals surface area contributed by atoms with Crippen LogP contribution in [0.15, 0.2) is 0 Å². The van der Waals surface area contributed by atoms with Crippen LogP contribution in [-0.4, -0.2) is 49.1 Å². The number of methoxy groups -OCH3 is 1. The van der Waals surface area contributed by atoms with E-state index in [0.717, 1.165) is 0 Å². The molecule has 2 atom stereocenters. The van der Waals surface area contributed by atoms with Crippen molar-refractivity contribution in [2.45, 2.75) is 13.0 Å². The highest BCUT2D eigenvalue weighted by atomic mass is 16.5. The summed E-state index contributed by atoms with van der Waals surface area (Å²) < 4.78 is 4.82. The van der Waals surface area contributed by atoms with Crippen molar-refractivity contribution < 1.29 is 19.7 Å². The highest BCUT2D eigenvalue weighted by Crippen LogP contribution is 1.93. The lowest BCUT2D eigenvalue weighted by Crippen LogP contribution is -2.40. The molecular formula is C8H17NO4. The van der Waals surface area contributed by atoms with Crippen LogP contribution >= 0.6 is 0 Å². The average molecular weight is 191 g/mol. The molecule has 5 heteroatoms. The zero-order valence-electron chi connectivity index (χ0n) is 7.99. The van der Waals surface area contributed by atoms with Crippen LogP contribution in [0.25, 0.3) is 0 Å². The van der Waals surface area contributed by atoms with E-state index in [2.05, 4.69) is 5.32 Å². The summed E-state index contributed by atoms with van der Waals surface area (Å²) in [6.45, 7) is 2.27. The Morgan fingerprint density at radius 1 is 1.62 bits per heavy atom. The van der Waals surface area contributed by atoms with Crippen molar-refractivity contribution in [3.8, 4) is 0 Å². The van der Waals surface area contributed by atoms with Crippen LogP contribution in [0, 0.1) is 5.92 Å². The van der Waals surface area contributed by atoms with E-state index in [1.54, 1.807) is 6.92 Å². The number of hydrogen-bond acceptors (Lipinski definition) is 4. The third kappa shape index (κ3) is 5.57. The number of ether oxygens (including phenoxy) is 1. The van der Waals surface area contributed by atoms with Crippen LogP contribution in [0.2, 0.25) is 0 Å². The first-order valence-electron chi connectivity index (χ1n) is 4.17. The van der Waals surface area contributed by atoms with Gasteiger partial charge in [-0.15, -0.1) is 0 Å². The molecule has 0 amide bonds. The molecule has 2 unspecified atom stereocenters. The number of rotatable bonds is 7. The molecule has 0 spiro atoms. The molecule has 0 saturated carbocycles. The maximum Gasteiger partial charge on any atom is 0.307 e. The highest BCUT2D eigenvalue weighted by Gasteiger charge is 2.13. The number of aliphatic carboxylic acids is 1. The zero-order chi connectivity index (χ0) is 10.3. The summed E-state index contributed by atoms with van der Waals surface area (Å²) >= 11 is 0. The molecule has 0 saturated heterocycles. The monoisotopic (exact) mass is 191 g/mol. The van der Waals surface area contributed by atoms with Gasteiger partial charge in [-0.1, -0.05) is 6.92 Å². The van der Waals surface area contributed by atoms with Crippen LogP contribution < -0.4 is 5.32 Å². The normalized spacial score (nSPS) is 15.3. The number of aliphatic hydroxyl groups is 1. The Bertz CT molecular complexity index is 151. The number of carboxylic acids is 1. The Balaban J connectivity index is 3.64. The molecule has 0 aliphatic rings. The summed E-state index contributed by atoms with van der Waals surface area (Å²) in [5.74, 6) is -1.30. The molecule has 0 fully saturated rings. The number of nitrogens with one attached hydrogen (secondary N) is 1. The highest BCUT2D eigenvalue weighted by molar-refractivity contribution is 5.69. The van der Waals surface area contributed by atoms with Gasteiger partial charge in [0.1, 0.15) is 0 Å². The maximum absolute atomic E-state index is 10.4. The maximum atomic E-state index is 10.4. The first-order valence-corrected chi connectivity index (χ1v) is 4.17. The van der Waals surface area contributed by atoms with Gasteiger partial charge in [0.25, 0.3) is 0 Å². The molecule has 0 aromatic rings. The van der Waals surface area contributed by atoms with Gasteiger partial charge in [0, 0.05) is 13.7 Å². The molecule has 0 radical (unpaired) electrons. The van der Waals surface area contributed by atoms with Gasteiger partial charge in [0.05, 0.1) is 25.2 Å². The minimum Gasteiger partial charge on any atom is -0.481 e. The number of carboxylic acid groups (broad SMARTS) is 1. The van der Waals surface area contributed by atoms with Gasteiger partial charge in [-0.05, 0) is 0 Å². The third-order valence-electron chi connectivity index (χ3n) is 1.72. The number of hydrogen-bond donors (Lipinski definition) is 3. The minimum atomic E-state index is -0.846. The molecule has 0 rings (SSSR count). The second-order valence-corrected chi connectivity index (χ2v) is 2.98. The van der Waals surface area contributed by atoms with E-state index in [9.17, 15) is 4.79 Å². The molecule has 3 N–H and O–H groups in total. The predicted molar refractivity (Wildman–Crippen MR) is 47.6 cm³/mol. The fourth-order valence-electron chi connectivity index (χ4n) is 0.808. The Morgan fingerprint density at radius 2 is 2.23 bits per heavy atom. The molecule has 0 aliphatic heterocycles. The van der Waals surface area contributed by atoms with Crippen molar-refractivity contribution in [2.75, 3.05) is 26.9 Å². The van der Waals surface area contributed by atoms with Gasteiger partial charge >= 0.3 is 5.97 Å². The van der Waals surface area contributed by atoms with Gasteiger partial charge in [0.2, 0.25) is 0 Å². The van der Waals surface area contributed by atoms with Gasteiger partial charge in [-0.25, -0.2) is 0 Å². The van der Waals surface area contributed by atoms with Crippen molar-refractivity contribution in [2.24, 2.45) is 5.92 Å². The molecular weight excluding hydrogens is 174 g/mol. The fraction of sp³-hybridized carbons (Fsp3) is 0.875. The molecule has 78 valence electrons. The van der Waals surface area contributed by atoms with E-state index in [-0.39, 0.29) is 12.6 Å². The standard InChI is InChI=1S/C8H17NO4/c1-6(8(11)12)3-9-7(4-10)5-13-2/h6-7,9-10H,3-5H2,1-2H3,(H,11,12). The molecule has 0 heterocycles. The van der Waals surface area contributed by atoms with Crippen LogP contribution in [0.4, 0.5) is 0 Å². The fourth-order valence-corrected chi connectivity index (χ4v) is 0.808. The molecule has 0 bridgehead atoms. The lowest BCUT2D eigenvalue weighted by atomic mass is 10.2. The zero-order valence-corrected chi connectivity index (χ0v) is 7.99. The smallest absolute Gasteiger partial charge is 0.307 e. The topological polar surface area (TPSA) is 78.8 Å². The predicted octanol–water partition coefficient (Wildman–Crippen LogP) is -0.696. The van der Waals surface area contributed by atoms with E-state index in [4.69, 9.17) is 14.9 Å². The lowest BCUT2D eigenvalue weighted by molar-refractivity contribution is -0.141. The summed E-state index contributed by atoms with van der Waals surface area (Å²) in [5.41, 5.74) is 0. The summed E-state index contributed by atoms with van der Waals surface area (Å²) in [6.07, 6.45) is 0. The first-order chi connectivity index (χ1) is 6.11. The summed E-state index contributed by atoms with van der Waals surface area (Å²) in [6, 6.07) is -0.188. The molecule has 5 nitrogen and oxygen atoms in total. The number of carbonyl (C=O) groups is 1. The van der Waals surface area contributed by atoms with E-state index in [1.807, 2.05) is 0 Å². The second kappa shape index (κ2) is 6.82. The second-order valence-electron chi connectivity index (χ2n) is 2.98. The van der Waals surface area contributed by atoms with Crippen molar-refractivity contribution in [3.05, 3.63) is 0 Å². The van der Waals surface area contributed by atoms with Crippen LogP contribution in [-0.2, 0) is 9.53 Å². The Kier molecular flexibility index (Phi) is 6.48. The quantitative estimate of drug-likeness (QED) is 0.496. The largest absolute Gasteiger partial charge is 0.481 e. The summed E-state index contributed by atoms with van der Waals surface area (Å²) in [5, 5.41) is 20.3. The van der Waals surface area contributed by atoms with E-state index < -0.39 is 11.9 Å². The van der Waals surface area contributed by atoms with Crippen molar-refractivity contribution >= 4 is 5.97 Å². The van der Waals surface area contributed by atoms with E-state index in [1.165, 1.54) is 7.11 Å². The van der Waals surface area contributed by atoms with Crippen LogP contribution in [0.5, 0.6) is 0 Å². The molecule has 0 aliphatic carbocycles. The SMILES string of the molecule is COCC(CO)NCC(C)C(=O)O. The van der Waals surface area contributed by atoms with Gasteiger partial charge < -0.3 is 20.3 Å². The average Bonchev–Trinajstić information content (AvgIpc) is 2.11. The van der Waals surface area contributed by atoms with Crippen molar-refractivity contribution in [3.63, 3.8) is 0 Å². The summed E-state index contributed by atoms with van der Waals surface area (Å²) in [7, 11) is 1.53. The Hall–Kier alpha value is -0.650. The van der Waals surface area contributed by atoms with Gasteiger partial charge in [-0.3, -0.25) is 4.79 Å². The van der Waals surface area contributed by atoms with Crippen molar-refractivity contribution in [1.82, 2.24) is 5.32 Å². The minimum absolute atomic E-state index is 0.0554. The molecule has 0 aromatic heterocycles. The van der Waals surface area contributed by atoms with E-state index >= 15 is 0 Å². The molecule has 13 heavy (non-hydrogen) atoms. The first kappa shape index (κ1) is 12.3. The third-order valence-corrected chi connectivity index (χ3v) is 1.72. The van der Waals surface area contributed by atoms with Gasteiger partial charge in [-0.2, -0.15) is 0 Å². The van der Waals surface area contributed by atoms with Gasteiger partial charge in [0.15, 0.2) is 0 Å². The Labute approximate surface area is 77.7 Å². The van der Waals surface area contributed by atoms with Crippen LogP contribution in [0.3, 0.4) is 0 Å². The lowest BCUT2D eigenvalue weighted by Gasteiger charge is -2.16. The summed E-state index contributed by atoms with van der Waals surface area (Å²) in [4.78, 5) is 10.4. The molecule has 0 aromatic carbocycles.